The second-order valence-corrected chi connectivity index (χ2v) is 13.2. The number of carbonyl (C=O) groups excluding carboxylic acids is 3. The van der Waals surface area contributed by atoms with Crippen LogP contribution in [0.15, 0.2) is 16.8 Å². The number of rotatable bonds is 10. The summed E-state index contributed by atoms with van der Waals surface area (Å²) in [5, 5.41) is 29.8. The number of oxime groups is 1. The molecule has 4 rings (SSSR count). The molecular formula is C31H47N3O7. The van der Waals surface area contributed by atoms with Crippen molar-refractivity contribution in [3.8, 4) is 0 Å². The number of Topliss-reactive ketones (excluding diaryl/α,β-unsaturated/α-hetero) is 1. The average molecular weight is 574 g/mol. The lowest BCUT2D eigenvalue weighted by atomic mass is 9.46. The fourth-order valence-corrected chi connectivity index (χ4v) is 8.60. The number of hydrogen-bond donors (Lipinski definition) is 4. The molecule has 0 aliphatic heterocycles. The van der Waals surface area contributed by atoms with E-state index < -0.39 is 35.5 Å². The van der Waals surface area contributed by atoms with Crippen molar-refractivity contribution in [3.63, 3.8) is 0 Å². The number of ketones is 1. The number of hydrogen-bond acceptors (Lipinski definition) is 7. The highest BCUT2D eigenvalue weighted by Crippen LogP contribution is 2.67. The molecule has 10 heteroatoms. The van der Waals surface area contributed by atoms with Gasteiger partial charge in [-0.2, -0.15) is 0 Å². The molecule has 4 aliphatic rings. The Morgan fingerprint density at radius 3 is 2.44 bits per heavy atom. The first-order chi connectivity index (χ1) is 19.3. The maximum absolute atomic E-state index is 12.5. The third-order valence-corrected chi connectivity index (χ3v) is 11.1. The van der Waals surface area contributed by atoms with Crippen molar-refractivity contribution in [1.82, 2.24) is 10.6 Å². The van der Waals surface area contributed by atoms with E-state index in [9.17, 15) is 29.4 Å². The lowest BCUT2D eigenvalue weighted by Crippen LogP contribution is -2.57. The molecule has 8 atom stereocenters. The summed E-state index contributed by atoms with van der Waals surface area (Å²) >= 11 is 0. The van der Waals surface area contributed by atoms with Crippen LogP contribution < -0.4 is 10.6 Å². The Bertz CT molecular complexity index is 1130. The van der Waals surface area contributed by atoms with Crippen LogP contribution in [0.25, 0.3) is 0 Å². The van der Waals surface area contributed by atoms with Gasteiger partial charge in [0.05, 0.1) is 5.71 Å². The van der Waals surface area contributed by atoms with Gasteiger partial charge in [0.15, 0.2) is 12.4 Å². The first-order valence-electron chi connectivity index (χ1n) is 15.2. The van der Waals surface area contributed by atoms with Crippen molar-refractivity contribution >= 4 is 29.3 Å². The fraction of sp³-hybridized carbons (Fsp3) is 0.774. The molecule has 0 heterocycles. The van der Waals surface area contributed by atoms with E-state index in [2.05, 4.69) is 35.7 Å². The maximum Gasteiger partial charge on any atom is 0.326 e. The van der Waals surface area contributed by atoms with Gasteiger partial charge in [-0.1, -0.05) is 37.9 Å². The Balaban J connectivity index is 1.33. The minimum atomic E-state index is -1.20. The highest BCUT2D eigenvalue weighted by atomic mass is 16.6. The minimum absolute atomic E-state index is 0.0476. The van der Waals surface area contributed by atoms with Gasteiger partial charge in [-0.25, -0.2) is 4.79 Å². The number of amides is 2. The molecule has 0 radical (unpaired) electrons. The predicted molar refractivity (Wildman–Crippen MR) is 153 cm³/mol. The Labute approximate surface area is 242 Å². The lowest BCUT2D eigenvalue weighted by molar-refractivity contribution is -0.159. The summed E-state index contributed by atoms with van der Waals surface area (Å²) in [6, 6.07) is -1.90. The fourth-order valence-electron chi connectivity index (χ4n) is 8.60. The monoisotopic (exact) mass is 573 g/mol. The van der Waals surface area contributed by atoms with E-state index in [4.69, 9.17) is 4.84 Å². The summed E-state index contributed by atoms with van der Waals surface area (Å²) in [7, 11) is 0. The molecule has 0 aromatic heterocycles. The smallest absolute Gasteiger partial charge is 0.326 e. The van der Waals surface area contributed by atoms with E-state index >= 15 is 0 Å². The van der Waals surface area contributed by atoms with Crippen LogP contribution in [-0.2, 0) is 24.0 Å². The van der Waals surface area contributed by atoms with Gasteiger partial charge in [0, 0.05) is 5.41 Å². The third-order valence-electron chi connectivity index (χ3n) is 11.1. The van der Waals surface area contributed by atoms with Gasteiger partial charge in [-0.05, 0) is 101 Å². The highest BCUT2D eigenvalue weighted by Gasteiger charge is 2.65. The molecular weight excluding hydrogens is 526 g/mol. The molecule has 3 saturated carbocycles. The number of carboxylic acid groups (broad SMARTS) is 1. The van der Waals surface area contributed by atoms with E-state index in [-0.39, 0.29) is 23.2 Å². The van der Waals surface area contributed by atoms with Gasteiger partial charge in [0.1, 0.15) is 17.7 Å². The first-order valence-corrected chi connectivity index (χ1v) is 15.2. The molecule has 41 heavy (non-hydrogen) atoms. The van der Waals surface area contributed by atoms with Crippen molar-refractivity contribution < 1.29 is 34.2 Å². The highest BCUT2D eigenvalue weighted by molar-refractivity contribution is 5.96. The van der Waals surface area contributed by atoms with Crippen molar-refractivity contribution in [2.45, 2.75) is 117 Å². The SMILES string of the molecule is CCC[C@@H](NC(=O)[C@@H](C)NC(=O)CON=C1C=C2CC[C@@H]3[C@H](CC[C@@]4(C)[C@H]3CC[C@]4(O)C(C)=O)[C@@]2(C)CC1)C(=O)O. The zero-order valence-electron chi connectivity index (χ0n) is 25.1. The summed E-state index contributed by atoms with van der Waals surface area (Å²) in [5.74, 6) is -0.915. The Morgan fingerprint density at radius 2 is 1.78 bits per heavy atom. The van der Waals surface area contributed by atoms with Crippen LogP contribution in [0.4, 0.5) is 0 Å². The van der Waals surface area contributed by atoms with E-state index in [0.29, 0.717) is 37.0 Å². The Hall–Kier alpha value is -2.75. The Kier molecular flexibility index (Phi) is 9.02. The summed E-state index contributed by atoms with van der Waals surface area (Å²) in [4.78, 5) is 53.7. The summed E-state index contributed by atoms with van der Waals surface area (Å²) in [5.41, 5.74) is 0.661. The average Bonchev–Trinajstić information content (AvgIpc) is 3.20. The number of carboxylic acids is 1. The van der Waals surface area contributed by atoms with Crippen LogP contribution in [0.5, 0.6) is 0 Å². The Morgan fingerprint density at radius 1 is 1.07 bits per heavy atom. The number of aliphatic hydroxyl groups is 1. The maximum atomic E-state index is 12.5. The van der Waals surface area contributed by atoms with Crippen LogP contribution in [0.3, 0.4) is 0 Å². The van der Waals surface area contributed by atoms with Crippen LogP contribution in [0, 0.1) is 28.6 Å². The minimum Gasteiger partial charge on any atom is -0.480 e. The standard InChI is InChI=1S/C31H47N3O7/c1-6-7-25(28(38)39)33-27(37)18(2)32-26(36)17-41-34-21-10-13-29(4)20(16-21)8-9-22-23(29)11-14-30(5)24(22)12-15-31(30,40)19(3)35/h16,18,22-25,40H,6-15,17H2,1-5H3,(H,32,36)(H,33,37)(H,38,39)/t18-,22-,23+,24+,25-,29+,30+,31+/m1/s1. The van der Waals surface area contributed by atoms with Crippen LogP contribution in [-0.4, -0.2) is 63.8 Å². The third kappa shape index (κ3) is 5.68. The molecule has 228 valence electrons. The van der Waals surface area contributed by atoms with Crippen LogP contribution in [0.1, 0.15) is 98.8 Å². The molecule has 10 nitrogen and oxygen atoms in total. The summed E-state index contributed by atoms with van der Waals surface area (Å²) in [6.45, 7) is 9.02. The van der Waals surface area contributed by atoms with Gasteiger partial charge in [0.25, 0.3) is 5.91 Å². The zero-order chi connectivity index (χ0) is 30.2. The quantitative estimate of drug-likeness (QED) is 0.292. The molecule has 2 amide bonds. The summed E-state index contributed by atoms with van der Waals surface area (Å²) in [6.07, 6.45) is 10.0. The number of aliphatic carboxylic acids is 1. The molecule has 0 bridgehead atoms. The van der Waals surface area contributed by atoms with Gasteiger partial charge < -0.3 is 25.7 Å². The number of carbonyl (C=O) groups is 4. The van der Waals surface area contributed by atoms with E-state index in [1.165, 1.54) is 12.5 Å². The molecule has 0 saturated heterocycles. The van der Waals surface area contributed by atoms with E-state index in [0.717, 1.165) is 50.7 Å². The normalized spacial score (nSPS) is 36.6. The topological polar surface area (TPSA) is 154 Å². The first kappa shape index (κ1) is 31.2. The molecule has 0 aromatic rings. The van der Waals surface area contributed by atoms with Gasteiger partial charge in [0.2, 0.25) is 5.91 Å². The molecule has 4 aliphatic carbocycles. The molecule has 0 unspecified atom stereocenters. The van der Waals surface area contributed by atoms with Gasteiger partial charge >= 0.3 is 5.97 Å². The second kappa shape index (κ2) is 11.9. The molecule has 4 N–H and O–H groups in total. The lowest BCUT2D eigenvalue weighted by Gasteiger charge is -2.59. The van der Waals surface area contributed by atoms with Gasteiger partial charge in [-0.3, -0.25) is 14.4 Å². The number of nitrogens with one attached hydrogen (secondary N) is 2. The van der Waals surface area contributed by atoms with Crippen molar-refractivity contribution in [3.05, 3.63) is 11.6 Å². The largest absolute Gasteiger partial charge is 0.480 e. The predicted octanol–water partition coefficient (Wildman–Crippen LogP) is 3.52. The van der Waals surface area contributed by atoms with Crippen LogP contribution in [0.2, 0.25) is 0 Å². The molecule has 0 spiro atoms. The number of allylic oxidation sites excluding steroid dienone is 2. The van der Waals surface area contributed by atoms with Crippen molar-refractivity contribution in [2.75, 3.05) is 6.61 Å². The van der Waals surface area contributed by atoms with E-state index in [1.54, 1.807) is 6.92 Å². The molecule has 3 fully saturated rings. The zero-order valence-corrected chi connectivity index (χ0v) is 25.1. The number of nitrogens with zero attached hydrogens (tertiary/aromatic N) is 1. The molecule has 0 aromatic carbocycles. The van der Waals surface area contributed by atoms with Crippen LogP contribution >= 0.6 is 0 Å². The van der Waals surface area contributed by atoms with Gasteiger partial charge in [-0.15, -0.1) is 0 Å². The van der Waals surface area contributed by atoms with E-state index in [1.807, 2.05) is 6.92 Å². The summed E-state index contributed by atoms with van der Waals surface area (Å²) < 4.78 is 0. The second-order valence-electron chi connectivity index (χ2n) is 13.2. The van der Waals surface area contributed by atoms with Crippen molar-refractivity contribution in [2.24, 2.45) is 33.7 Å². The van der Waals surface area contributed by atoms with Crippen molar-refractivity contribution in [1.29, 1.82) is 0 Å². The number of fused-ring (bicyclic) bond motifs is 5.